The van der Waals surface area contributed by atoms with Crippen LogP contribution in [0.1, 0.15) is 0 Å². The minimum absolute atomic E-state index is 0.0395. The van der Waals surface area contributed by atoms with Crippen molar-refractivity contribution < 1.29 is 38.3 Å². The molecule has 1 N–H and O–H groups in total. The smallest absolute Gasteiger partial charge is 0.104 e. The lowest BCUT2D eigenvalue weighted by Gasteiger charge is -2.08. The van der Waals surface area contributed by atoms with Crippen LogP contribution in [-0.4, -0.2) is 104 Å². The topological polar surface area (TPSA) is 88.1 Å². The predicted octanol–water partition coefficient (Wildman–Crippen LogP) is -0.523. The number of hydrogen-bond acceptors (Lipinski definition) is 8. The van der Waals surface area contributed by atoms with Gasteiger partial charge in [-0.15, -0.1) is 0 Å². The Kier molecular flexibility index (Phi) is 14.9. The molecule has 1 heterocycles. The number of epoxide rings is 1. The lowest BCUT2D eigenvalue weighted by atomic mass is 10.5. The standard InChI is InChI=1S/C15H30O8/c16-1-2-17-3-4-18-5-6-19-7-8-20-9-10-21-11-12-22-13-15-14-23-15/h15-16H,1-14H2. The van der Waals surface area contributed by atoms with Gasteiger partial charge < -0.3 is 38.3 Å². The Balaban J connectivity index is 1.59. The van der Waals surface area contributed by atoms with Crippen LogP contribution in [0.2, 0.25) is 0 Å². The van der Waals surface area contributed by atoms with Gasteiger partial charge >= 0.3 is 0 Å². The molecule has 1 unspecified atom stereocenters. The van der Waals surface area contributed by atoms with Gasteiger partial charge in [-0.25, -0.2) is 0 Å². The molecule has 8 nitrogen and oxygen atoms in total. The van der Waals surface area contributed by atoms with Crippen molar-refractivity contribution in [2.45, 2.75) is 6.10 Å². The largest absolute Gasteiger partial charge is 0.394 e. The third kappa shape index (κ3) is 16.3. The summed E-state index contributed by atoms with van der Waals surface area (Å²) in [5.41, 5.74) is 0. The van der Waals surface area contributed by atoms with E-state index in [0.29, 0.717) is 85.4 Å². The molecule has 1 aliphatic rings. The normalized spacial score (nSPS) is 16.8. The van der Waals surface area contributed by atoms with E-state index in [0.717, 1.165) is 6.61 Å². The van der Waals surface area contributed by atoms with Crippen LogP contribution >= 0.6 is 0 Å². The minimum Gasteiger partial charge on any atom is -0.394 e. The summed E-state index contributed by atoms with van der Waals surface area (Å²) in [5.74, 6) is 0. The first-order valence-corrected chi connectivity index (χ1v) is 8.12. The van der Waals surface area contributed by atoms with Crippen LogP contribution in [-0.2, 0) is 33.2 Å². The first-order valence-electron chi connectivity index (χ1n) is 8.12. The number of aliphatic hydroxyl groups excluding tert-OH is 1. The molecule has 0 saturated carbocycles. The van der Waals surface area contributed by atoms with E-state index in [2.05, 4.69) is 0 Å². The molecule has 0 aromatic heterocycles. The molecule has 0 aromatic rings. The lowest BCUT2D eigenvalue weighted by Crippen LogP contribution is -2.14. The van der Waals surface area contributed by atoms with Crippen LogP contribution < -0.4 is 0 Å². The minimum atomic E-state index is 0.0395. The van der Waals surface area contributed by atoms with Gasteiger partial charge in [-0.1, -0.05) is 0 Å². The average Bonchev–Trinajstić information content (AvgIpc) is 3.38. The third-order valence-corrected chi connectivity index (χ3v) is 2.80. The first-order chi connectivity index (χ1) is 11.4. The summed E-state index contributed by atoms with van der Waals surface area (Å²) in [7, 11) is 0. The number of ether oxygens (including phenoxy) is 7. The van der Waals surface area contributed by atoms with Crippen molar-refractivity contribution in [2.75, 3.05) is 92.5 Å². The van der Waals surface area contributed by atoms with Crippen molar-refractivity contribution in [2.24, 2.45) is 0 Å². The Bertz CT molecular complexity index is 238. The lowest BCUT2D eigenvalue weighted by molar-refractivity contribution is -0.0186. The molecule has 0 aromatic carbocycles. The van der Waals surface area contributed by atoms with Gasteiger partial charge in [0.1, 0.15) is 6.10 Å². The van der Waals surface area contributed by atoms with Gasteiger partial charge in [-0.05, 0) is 0 Å². The molecule has 1 rings (SSSR count). The van der Waals surface area contributed by atoms with Gasteiger partial charge in [0.25, 0.3) is 0 Å². The molecule has 0 aliphatic carbocycles. The maximum absolute atomic E-state index is 8.50. The summed E-state index contributed by atoms with van der Waals surface area (Å²) in [5, 5.41) is 8.50. The van der Waals surface area contributed by atoms with Crippen LogP contribution in [0.25, 0.3) is 0 Å². The Labute approximate surface area is 137 Å². The van der Waals surface area contributed by atoms with Crippen molar-refractivity contribution in [1.29, 1.82) is 0 Å². The number of rotatable bonds is 19. The van der Waals surface area contributed by atoms with E-state index < -0.39 is 0 Å². The van der Waals surface area contributed by atoms with E-state index >= 15 is 0 Å². The molecule has 1 atom stereocenters. The van der Waals surface area contributed by atoms with Crippen LogP contribution in [0.5, 0.6) is 0 Å². The summed E-state index contributed by atoms with van der Waals surface area (Å²) in [6.07, 6.45) is 0.309. The van der Waals surface area contributed by atoms with Crippen LogP contribution in [0.4, 0.5) is 0 Å². The molecule has 1 aliphatic heterocycles. The van der Waals surface area contributed by atoms with Crippen molar-refractivity contribution in [3.8, 4) is 0 Å². The van der Waals surface area contributed by atoms with Gasteiger partial charge in [-0.3, -0.25) is 0 Å². The highest BCUT2D eigenvalue weighted by molar-refractivity contribution is 4.66. The van der Waals surface area contributed by atoms with Crippen molar-refractivity contribution in [3.63, 3.8) is 0 Å². The zero-order valence-electron chi connectivity index (χ0n) is 13.8. The van der Waals surface area contributed by atoms with E-state index in [9.17, 15) is 0 Å². The van der Waals surface area contributed by atoms with Crippen LogP contribution in [0.15, 0.2) is 0 Å². The molecule has 0 radical (unpaired) electrons. The predicted molar refractivity (Wildman–Crippen MR) is 81.7 cm³/mol. The maximum atomic E-state index is 8.50. The average molecular weight is 338 g/mol. The summed E-state index contributed by atoms with van der Waals surface area (Å²) in [6, 6.07) is 0. The number of aliphatic hydroxyl groups is 1. The summed E-state index contributed by atoms with van der Waals surface area (Å²) >= 11 is 0. The highest BCUT2D eigenvalue weighted by atomic mass is 16.6. The monoisotopic (exact) mass is 338 g/mol. The maximum Gasteiger partial charge on any atom is 0.104 e. The zero-order chi connectivity index (χ0) is 16.4. The zero-order valence-corrected chi connectivity index (χ0v) is 13.8. The van der Waals surface area contributed by atoms with E-state index in [1.807, 2.05) is 0 Å². The van der Waals surface area contributed by atoms with E-state index in [1.165, 1.54) is 0 Å². The van der Waals surface area contributed by atoms with Gasteiger partial charge in [-0.2, -0.15) is 0 Å². The highest BCUT2D eigenvalue weighted by Gasteiger charge is 2.21. The second-order valence-corrected chi connectivity index (χ2v) is 4.82. The third-order valence-electron chi connectivity index (χ3n) is 2.80. The molecule has 23 heavy (non-hydrogen) atoms. The summed E-state index contributed by atoms with van der Waals surface area (Å²) < 4.78 is 36.8. The molecule has 138 valence electrons. The van der Waals surface area contributed by atoms with Crippen molar-refractivity contribution >= 4 is 0 Å². The molecule has 0 bridgehead atoms. The van der Waals surface area contributed by atoms with Crippen LogP contribution in [0, 0.1) is 0 Å². The number of hydrogen-bond donors (Lipinski definition) is 1. The van der Waals surface area contributed by atoms with E-state index in [-0.39, 0.29) is 6.61 Å². The molecule has 8 heteroatoms. The van der Waals surface area contributed by atoms with Gasteiger partial charge in [0.05, 0.1) is 92.5 Å². The Morgan fingerprint density at radius 3 is 1.30 bits per heavy atom. The van der Waals surface area contributed by atoms with Gasteiger partial charge in [0.2, 0.25) is 0 Å². The van der Waals surface area contributed by atoms with Gasteiger partial charge in [0, 0.05) is 0 Å². The van der Waals surface area contributed by atoms with E-state index in [4.69, 9.17) is 38.3 Å². The first kappa shape index (κ1) is 20.7. The SMILES string of the molecule is OCCOCCOCCOCCOCCOCCOCC1CO1. The molecule has 0 spiro atoms. The molecule has 1 saturated heterocycles. The molecular weight excluding hydrogens is 308 g/mol. The molecular formula is C15H30O8. The van der Waals surface area contributed by atoms with Crippen molar-refractivity contribution in [1.82, 2.24) is 0 Å². The molecule has 0 amide bonds. The highest BCUT2D eigenvalue weighted by Crippen LogP contribution is 2.07. The van der Waals surface area contributed by atoms with Crippen molar-refractivity contribution in [3.05, 3.63) is 0 Å². The summed E-state index contributed by atoms with van der Waals surface area (Å²) in [6.45, 7) is 7.28. The fraction of sp³-hybridized carbons (Fsp3) is 1.00. The summed E-state index contributed by atoms with van der Waals surface area (Å²) in [4.78, 5) is 0. The Hall–Kier alpha value is -0.320. The van der Waals surface area contributed by atoms with Crippen LogP contribution in [0.3, 0.4) is 0 Å². The second kappa shape index (κ2) is 16.5. The van der Waals surface area contributed by atoms with Gasteiger partial charge in [0.15, 0.2) is 0 Å². The Morgan fingerprint density at radius 2 is 0.957 bits per heavy atom. The molecule has 1 fully saturated rings. The van der Waals surface area contributed by atoms with E-state index in [1.54, 1.807) is 0 Å². The quantitative estimate of drug-likeness (QED) is 0.249. The second-order valence-electron chi connectivity index (χ2n) is 4.82. The fourth-order valence-electron chi connectivity index (χ4n) is 1.54. The Morgan fingerprint density at radius 1 is 0.609 bits per heavy atom. The fourth-order valence-corrected chi connectivity index (χ4v) is 1.54.